The van der Waals surface area contributed by atoms with Crippen LogP contribution in [-0.4, -0.2) is 41.6 Å². The molecule has 1 aliphatic rings. The highest BCUT2D eigenvalue weighted by atomic mass is 35.5. The monoisotopic (exact) mass is 390 g/mol. The van der Waals surface area contributed by atoms with E-state index in [4.69, 9.17) is 16.3 Å². The number of rotatable bonds is 6. The summed E-state index contributed by atoms with van der Waals surface area (Å²) in [6.45, 7) is 3.38. The van der Waals surface area contributed by atoms with Crippen LogP contribution >= 0.6 is 11.6 Å². The summed E-state index contributed by atoms with van der Waals surface area (Å²) < 4.78 is 6.81. The van der Waals surface area contributed by atoms with Crippen molar-refractivity contribution < 1.29 is 14.3 Å². The van der Waals surface area contributed by atoms with Crippen LogP contribution in [-0.2, 0) is 17.7 Å². The third-order valence-corrected chi connectivity index (χ3v) is 4.81. The van der Waals surface area contributed by atoms with E-state index < -0.39 is 0 Å². The molecule has 1 aromatic heterocycles. The Kier molecular flexibility index (Phi) is 6.13. The van der Waals surface area contributed by atoms with Gasteiger partial charge in [-0.1, -0.05) is 17.7 Å². The van der Waals surface area contributed by atoms with Gasteiger partial charge >= 0.3 is 0 Å². The Hall–Kier alpha value is -2.38. The van der Waals surface area contributed by atoms with Crippen molar-refractivity contribution in [1.29, 1.82) is 0 Å². The van der Waals surface area contributed by atoms with Crippen LogP contribution in [0.5, 0.6) is 0 Å². The largest absolute Gasteiger partial charge is 0.383 e. The van der Waals surface area contributed by atoms with Crippen LogP contribution in [0.4, 0.5) is 5.69 Å². The van der Waals surface area contributed by atoms with Crippen LogP contribution in [0.25, 0.3) is 0 Å². The Morgan fingerprint density at radius 2 is 2.11 bits per heavy atom. The molecule has 0 bridgehead atoms. The number of anilines is 1. The minimum absolute atomic E-state index is 0.272. The molecule has 7 nitrogen and oxygen atoms in total. The molecule has 2 N–H and O–H groups in total. The van der Waals surface area contributed by atoms with Gasteiger partial charge in [-0.15, -0.1) is 0 Å². The number of carbonyl (C=O) groups is 2. The number of benzene rings is 1. The molecule has 1 aromatic carbocycles. The summed E-state index contributed by atoms with van der Waals surface area (Å²) in [5, 5.41) is 6.19. The Balaban J connectivity index is 1.87. The Labute approximate surface area is 163 Å². The first kappa shape index (κ1) is 19.4. The lowest BCUT2D eigenvalue weighted by molar-refractivity contribution is 0.0921. The molecule has 0 spiro atoms. The van der Waals surface area contributed by atoms with Crippen molar-refractivity contribution in [2.75, 3.05) is 25.6 Å². The topological polar surface area (TPSA) is 85.2 Å². The summed E-state index contributed by atoms with van der Waals surface area (Å²) in [4.78, 5) is 29.7. The molecule has 0 unspecified atom stereocenters. The maximum Gasteiger partial charge on any atom is 0.287 e. The van der Waals surface area contributed by atoms with Gasteiger partial charge in [0, 0.05) is 30.9 Å². The number of halogens is 1. The lowest BCUT2D eigenvalue weighted by Gasteiger charge is -2.17. The predicted octanol–water partition coefficient (Wildman–Crippen LogP) is 2.81. The number of ether oxygens (including phenoxy) is 1. The van der Waals surface area contributed by atoms with Crippen molar-refractivity contribution in [2.45, 2.75) is 32.7 Å². The summed E-state index contributed by atoms with van der Waals surface area (Å²) in [5.74, 6) is -0.357. The van der Waals surface area contributed by atoms with E-state index in [1.807, 2.05) is 17.6 Å². The van der Waals surface area contributed by atoms with Crippen molar-refractivity contribution >= 4 is 29.1 Å². The number of methoxy groups -OCH3 is 1. The van der Waals surface area contributed by atoms with Crippen molar-refractivity contribution in [1.82, 2.24) is 14.9 Å². The highest BCUT2D eigenvalue weighted by Gasteiger charge is 2.27. The SMILES string of the molecule is COCCNC(=O)c1nc(C(=O)Nc2cc(Cl)ccc2C)c2n1CCCC2. The molecule has 1 aliphatic heterocycles. The van der Waals surface area contributed by atoms with Crippen LogP contribution < -0.4 is 10.6 Å². The molecular formula is C19H23ClN4O3. The molecule has 2 amide bonds. The number of imidazole rings is 1. The van der Waals surface area contributed by atoms with Crippen molar-refractivity contribution in [3.05, 3.63) is 46.0 Å². The number of fused-ring (bicyclic) bond motifs is 1. The van der Waals surface area contributed by atoms with Gasteiger partial charge in [0.15, 0.2) is 11.5 Å². The number of carbonyl (C=O) groups excluding carboxylic acids is 2. The fourth-order valence-corrected chi connectivity index (χ4v) is 3.33. The van der Waals surface area contributed by atoms with Crippen molar-refractivity contribution in [3.63, 3.8) is 0 Å². The van der Waals surface area contributed by atoms with Gasteiger partial charge in [-0.25, -0.2) is 4.98 Å². The second-order valence-corrected chi connectivity index (χ2v) is 6.94. The summed E-state index contributed by atoms with van der Waals surface area (Å²) in [5.41, 5.74) is 2.64. The van der Waals surface area contributed by atoms with Gasteiger partial charge in [0.05, 0.1) is 12.3 Å². The minimum atomic E-state index is -0.332. The molecule has 3 rings (SSSR count). The molecule has 0 aliphatic carbocycles. The van der Waals surface area contributed by atoms with E-state index in [1.165, 1.54) is 0 Å². The molecule has 27 heavy (non-hydrogen) atoms. The maximum absolute atomic E-state index is 12.9. The molecule has 2 aromatic rings. The average Bonchev–Trinajstić information content (AvgIpc) is 3.05. The summed E-state index contributed by atoms with van der Waals surface area (Å²) in [7, 11) is 1.57. The van der Waals surface area contributed by atoms with E-state index in [1.54, 1.807) is 19.2 Å². The van der Waals surface area contributed by atoms with Gasteiger partial charge in [-0.3, -0.25) is 9.59 Å². The third-order valence-electron chi connectivity index (χ3n) is 4.58. The lowest BCUT2D eigenvalue weighted by Crippen LogP contribution is -2.30. The molecule has 2 heterocycles. The standard InChI is InChI=1S/C19H23ClN4O3/c1-12-6-7-13(20)11-14(12)22-18(25)16-15-5-3-4-9-24(15)17(23-16)19(26)21-8-10-27-2/h6-7,11H,3-5,8-10H2,1-2H3,(H,21,26)(H,22,25). The second-order valence-electron chi connectivity index (χ2n) is 6.50. The van der Waals surface area contributed by atoms with Gasteiger partial charge in [0.2, 0.25) is 0 Å². The summed E-state index contributed by atoms with van der Waals surface area (Å²) >= 11 is 6.03. The molecule has 0 atom stereocenters. The minimum Gasteiger partial charge on any atom is -0.383 e. The number of nitrogens with one attached hydrogen (secondary N) is 2. The molecule has 0 fully saturated rings. The van der Waals surface area contributed by atoms with Crippen LogP contribution in [0.1, 0.15) is 45.2 Å². The Morgan fingerprint density at radius 1 is 1.30 bits per heavy atom. The molecule has 8 heteroatoms. The zero-order chi connectivity index (χ0) is 19.4. The van der Waals surface area contributed by atoms with E-state index in [9.17, 15) is 9.59 Å². The van der Waals surface area contributed by atoms with Crippen LogP contribution in [0.15, 0.2) is 18.2 Å². The zero-order valence-electron chi connectivity index (χ0n) is 15.5. The van der Waals surface area contributed by atoms with Crippen molar-refractivity contribution in [2.24, 2.45) is 0 Å². The lowest BCUT2D eigenvalue weighted by atomic mass is 10.1. The van der Waals surface area contributed by atoms with Gasteiger partial charge < -0.3 is 19.9 Å². The van der Waals surface area contributed by atoms with Crippen LogP contribution in [0, 0.1) is 6.92 Å². The fraction of sp³-hybridized carbons (Fsp3) is 0.421. The number of hydrogen-bond donors (Lipinski definition) is 2. The van der Waals surface area contributed by atoms with Gasteiger partial charge in [0.25, 0.3) is 11.8 Å². The molecule has 144 valence electrons. The van der Waals surface area contributed by atoms with E-state index in [2.05, 4.69) is 15.6 Å². The highest BCUT2D eigenvalue weighted by molar-refractivity contribution is 6.31. The van der Waals surface area contributed by atoms with E-state index in [0.717, 1.165) is 30.5 Å². The summed E-state index contributed by atoms with van der Waals surface area (Å²) in [6.07, 6.45) is 2.64. The molecular weight excluding hydrogens is 368 g/mol. The predicted molar refractivity (Wildman–Crippen MR) is 104 cm³/mol. The smallest absolute Gasteiger partial charge is 0.287 e. The van der Waals surface area contributed by atoms with Crippen LogP contribution in [0.2, 0.25) is 5.02 Å². The van der Waals surface area contributed by atoms with E-state index in [-0.39, 0.29) is 17.6 Å². The summed E-state index contributed by atoms with van der Waals surface area (Å²) in [6, 6.07) is 5.32. The van der Waals surface area contributed by atoms with Gasteiger partial charge in [-0.2, -0.15) is 0 Å². The zero-order valence-corrected chi connectivity index (χ0v) is 16.2. The number of aryl methyl sites for hydroxylation is 1. The fourth-order valence-electron chi connectivity index (χ4n) is 3.15. The molecule has 0 saturated heterocycles. The Bertz CT molecular complexity index is 863. The number of nitrogens with zero attached hydrogens (tertiary/aromatic N) is 2. The molecule has 0 radical (unpaired) electrons. The first-order valence-electron chi connectivity index (χ1n) is 8.95. The number of aromatic nitrogens is 2. The average molecular weight is 391 g/mol. The van der Waals surface area contributed by atoms with Gasteiger partial charge in [-0.05, 0) is 43.9 Å². The second kappa shape index (κ2) is 8.54. The molecule has 0 saturated carbocycles. The van der Waals surface area contributed by atoms with E-state index in [0.29, 0.717) is 36.1 Å². The van der Waals surface area contributed by atoms with Crippen LogP contribution in [0.3, 0.4) is 0 Å². The van der Waals surface area contributed by atoms with E-state index >= 15 is 0 Å². The number of amides is 2. The van der Waals surface area contributed by atoms with Crippen molar-refractivity contribution in [3.8, 4) is 0 Å². The maximum atomic E-state index is 12.9. The normalized spacial score (nSPS) is 13.1. The van der Waals surface area contributed by atoms with Gasteiger partial charge in [0.1, 0.15) is 0 Å². The number of hydrogen-bond acceptors (Lipinski definition) is 4. The quantitative estimate of drug-likeness (QED) is 0.743. The first-order chi connectivity index (χ1) is 13.0. The highest BCUT2D eigenvalue weighted by Crippen LogP contribution is 2.24. The third kappa shape index (κ3) is 4.31. The first-order valence-corrected chi connectivity index (χ1v) is 9.33. The Morgan fingerprint density at radius 3 is 2.89 bits per heavy atom.